The van der Waals surface area contributed by atoms with Crippen LogP contribution in [0.4, 0.5) is 11.4 Å². The zero-order chi connectivity index (χ0) is 20.4. The average Bonchev–Trinajstić information content (AvgIpc) is 3.15. The quantitative estimate of drug-likeness (QED) is 0.249. The van der Waals surface area contributed by atoms with E-state index >= 15 is 0 Å². The molecule has 2 heterocycles. The van der Waals surface area contributed by atoms with Crippen molar-refractivity contribution in [2.24, 2.45) is 0 Å². The SMILES string of the molecule is Cc1ccc(/C=C2\SC(=S)N(CC(=O)Nc3cc([N+](=O)[O-])ccc3O)C2=O)o1. The van der Waals surface area contributed by atoms with E-state index in [0.717, 1.165) is 34.9 Å². The minimum atomic E-state index is -0.665. The molecule has 0 unspecified atom stereocenters. The number of aryl methyl sites for hydroxylation is 1. The van der Waals surface area contributed by atoms with Gasteiger partial charge in [0.25, 0.3) is 11.6 Å². The highest BCUT2D eigenvalue weighted by molar-refractivity contribution is 8.26. The van der Waals surface area contributed by atoms with Crippen LogP contribution in [-0.4, -0.2) is 37.6 Å². The second-order valence-corrected chi connectivity index (χ2v) is 7.40. The van der Waals surface area contributed by atoms with Crippen molar-refractivity contribution in [1.29, 1.82) is 0 Å². The van der Waals surface area contributed by atoms with Gasteiger partial charge in [0.1, 0.15) is 28.1 Å². The number of furan rings is 1. The summed E-state index contributed by atoms with van der Waals surface area (Å²) >= 11 is 6.19. The van der Waals surface area contributed by atoms with Gasteiger partial charge in [-0.1, -0.05) is 24.0 Å². The molecule has 28 heavy (non-hydrogen) atoms. The minimum absolute atomic E-state index is 0.133. The van der Waals surface area contributed by atoms with Crippen LogP contribution < -0.4 is 5.32 Å². The highest BCUT2D eigenvalue weighted by Crippen LogP contribution is 2.33. The number of phenols is 1. The Labute approximate surface area is 168 Å². The molecule has 1 saturated heterocycles. The average molecular weight is 419 g/mol. The number of nitrogens with zero attached hydrogens (tertiary/aromatic N) is 2. The van der Waals surface area contributed by atoms with Gasteiger partial charge in [-0.25, -0.2) is 0 Å². The third-order valence-electron chi connectivity index (χ3n) is 3.67. The predicted octanol–water partition coefficient (Wildman–Crippen LogP) is 3.04. The number of anilines is 1. The fourth-order valence-electron chi connectivity index (χ4n) is 2.37. The van der Waals surface area contributed by atoms with Crippen molar-refractivity contribution in [3.63, 3.8) is 0 Å². The number of hydrogen-bond acceptors (Lipinski definition) is 8. The Bertz CT molecular complexity index is 1030. The minimum Gasteiger partial charge on any atom is -0.506 e. The molecule has 1 fully saturated rings. The Morgan fingerprint density at radius 2 is 2.18 bits per heavy atom. The lowest BCUT2D eigenvalue weighted by Crippen LogP contribution is -2.36. The van der Waals surface area contributed by atoms with Crippen LogP contribution in [0.3, 0.4) is 0 Å². The summed E-state index contributed by atoms with van der Waals surface area (Å²) in [6.45, 7) is 1.37. The summed E-state index contributed by atoms with van der Waals surface area (Å²) in [7, 11) is 0. The van der Waals surface area contributed by atoms with Crippen LogP contribution >= 0.6 is 24.0 Å². The van der Waals surface area contributed by atoms with E-state index in [4.69, 9.17) is 16.6 Å². The molecule has 2 N–H and O–H groups in total. The van der Waals surface area contributed by atoms with Crippen molar-refractivity contribution in [2.45, 2.75) is 6.92 Å². The molecule has 1 aliphatic rings. The van der Waals surface area contributed by atoms with Crippen molar-refractivity contribution in [3.05, 3.63) is 56.9 Å². The third-order valence-corrected chi connectivity index (χ3v) is 5.05. The number of phenolic OH excluding ortho intramolecular Hbond substituents is 1. The molecule has 0 saturated carbocycles. The topological polar surface area (TPSA) is 126 Å². The first-order valence-corrected chi connectivity index (χ1v) is 9.06. The van der Waals surface area contributed by atoms with Crippen LogP contribution in [0.1, 0.15) is 11.5 Å². The molecule has 1 aromatic carbocycles. The molecule has 0 aliphatic carbocycles. The molecule has 2 amide bonds. The number of non-ortho nitro benzene ring substituents is 1. The van der Waals surface area contributed by atoms with E-state index < -0.39 is 23.3 Å². The van der Waals surface area contributed by atoms with E-state index in [1.54, 1.807) is 19.1 Å². The van der Waals surface area contributed by atoms with Crippen molar-refractivity contribution in [2.75, 3.05) is 11.9 Å². The maximum absolute atomic E-state index is 12.5. The van der Waals surface area contributed by atoms with Gasteiger partial charge in [-0.3, -0.25) is 24.6 Å². The number of nitro benzene ring substituents is 1. The molecule has 2 aromatic rings. The number of hydrogen-bond donors (Lipinski definition) is 2. The van der Waals surface area contributed by atoms with E-state index in [1.165, 1.54) is 6.08 Å². The number of nitrogens with one attached hydrogen (secondary N) is 1. The first kappa shape index (κ1) is 19.6. The third kappa shape index (κ3) is 4.21. The van der Waals surface area contributed by atoms with Crippen molar-refractivity contribution >= 4 is 57.6 Å². The molecule has 3 rings (SSSR count). The maximum atomic E-state index is 12.5. The normalized spacial score (nSPS) is 15.3. The van der Waals surface area contributed by atoms with E-state index in [2.05, 4.69) is 5.32 Å². The van der Waals surface area contributed by atoms with E-state index in [9.17, 15) is 24.8 Å². The first-order valence-electron chi connectivity index (χ1n) is 7.83. The summed E-state index contributed by atoms with van der Waals surface area (Å²) in [4.78, 5) is 36.4. The molecule has 0 atom stereocenters. The fraction of sp³-hybridized carbons (Fsp3) is 0.118. The fourth-order valence-corrected chi connectivity index (χ4v) is 3.60. The Kier molecular flexibility index (Phi) is 5.47. The smallest absolute Gasteiger partial charge is 0.271 e. The number of aromatic hydroxyl groups is 1. The molecule has 0 bridgehead atoms. The maximum Gasteiger partial charge on any atom is 0.271 e. The second kappa shape index (κ2) is 7.82. The summed E-state index contributed by atoms with van der Waals surface area (Å²) < 4.78 is 5.59. The zero-order valence-electron chi connectivity index (χ0n) is 14.4. The summed E-state index contributed by atoms with van der Waals surface area (Å²) in [5.41, 5.74) is -0.429. The van der Waals surface area contributed by atoms with Gasteiger partial charge < -0.3 is 14.8 Å². The van der Waals surface area contributed by atoms with Crippen LogP contribution in [0.5, 0.6) is 5.75 Å². The summed E-state index contributed by atoms with van der Waals surface area (Å²) in [5.74, 6) is -0.274. The lowest BCUT2D eigenvalue weighted by Gasteiger charge is -2.14. The molecular formula is C17H13N3O6S2. The lowest BCUT2D eigenvalue weighted by molar-refractivity contribution is -0.384. The van der Waals surface area contributed by atoms with Gasteiger partial charge in [-0.15, -0.1) is 0 Å². The van der Waals surface area contributed by atoms with Crippen molar-refractivity contribution in [3.8, 4) is 5.75 Å². The van der Waals surface area contributed by atoms with E-state index in [1.807, 2.05) is 0 Å². The van der Waals surface area contributed by atoms with E-state index in [-0.39, 0.29) is 21.4 Å². The zero-order valence-corrected chi connectivity index (χ0v) is 16.0. The Morgan fingerprint density at radius 3 is 2.82 bits per heavy atom. The largest absolute Gasteiger partial charge is 0.506 e. The van der Waals surface area contributed by atoms with Crippen LogP contribution in [0.2, 0.25) is 0 Å². The lowest BCUT2D eigenvalue weighted by atomic mass is 10.2. The number of benzene rings is 1. The number of amides is 2. The molecule has 0 spiro atoms. The highest BCUT2D eigenvalue weighted by Gasteiger charge is 2.33. The molecule has 9 nitrogen and oxygen atoms in total. The number of rotatable bonds is 5. The molecule has 144 valence electrons. The van der Waals surface area contributed by atoms with Crippen molar-refractivity contribution in [1.82, 2.24) is 4.90 Å². The molecule has 11 heteroatoms. The Morgan fingerprint density at radius 1 is 1.43 bits per heavy atom. The molecule has 0 radical (unpaired) electrons. The summed E-state index contributed by atoms with van der Waals surface area (Å²) in [5, 5.41) is 22.9. The van der Waals surface area contributed by atoms with Gasteiger partial charge in [0.05, 0.1) is 15.5 Å². The predicted molar refractivity (Wildman–Crippen MR) is 107 cm³/mol. The van der Waals surface area contributed by atoms with E-state index in [0.29, 0.717) is 16.4 Å². The number of carbonyl (C=O) groups is 2. The second-order valence-electron chi connectivity index (χ2n) is 5.72. The van der Waals surface area contributed by atoms with Crippen LogP contribution in [-0.2, 0) is 9.59 Å². The number of thiocarbonyl (C=S) groups is 1. The Hall–Kier alpha value is -3.18. The van der Waals surface area contributed by atoms with Gasteiger partial charge in [-0.05, 0) is 25.1 Å². The van der Waals surface area contributed by atoms with Gasteiger partial charge >= 0.3 is 0 Å². The van der Waals surface area contributed by atoms with Crippen LogP contribution in [0.25, 0.3) is 6.08 Å². The van der Waals surface area contributed by atoms with Gasteiger partial charge in [-0.2, -0.15) is 0 Å². The Balaban J connectivity index is 1.71. The number of carbonyl (C=O) groups excluding carboxylic acids is 2. The first-order chi connectivity index (χ1) is 13.2. The highest BCUT2D eigenvalue weighted by atomic mass is 32.2. The summed E-state index contributed by atoms with van der Waals surface area (Å²) in [6, 6.07) is 6.69. The van der Waals surface area contributed by atoms with Gasteiger partial charge in [0, 0.05) is 18.2 Å². The van der Waals surface area contributed by atoms with Gasteiger partial charge in [0.15, 0.2) is 0 Å². The molecule has 1 aliphatic heterocycles. The molecular weight excluding hydrogens is 406 g/mol. The molecule has 1 aromatic heterocycles. The standard InChI is InChI=1S/C17H13N3O6S2/c1-9-2-4-11(26-9)7-14-16(23)19(17(27)28-14)8-15(22)18-12-6-10(20(24)25)3-5-13(12)21/h2-7,21H,8H2,1H3,(H,18,22)/b14-7-. The number of thioether (sulfide) groups is 1. The van der Waals surface area contributed by atoms with Gasteiger partial charge in [0.2, 0.25) is 5.91 Å². The van der Waals surface area contributed by atoms with Crippen LogP contribution in [0, 0.1) is 17.0 Å². The monoisotopic (exact) mass is 419 g/mol. The summed E-state index contributed by atoms with van der Waals surface area (Å²) in [6.07, 6.45) is 1.54. The number of nitro groups is 1. The van der Waals surface area contributed by atoms with Crippen molar-refractivity contribution < 1.29 is 24.0 Å². The van der Waals surface area contributed by atoms with Crippen LogP contribution in [0.15, 0.2) is 39.7 Å².